The van der Waals surface area contributed by atoms with E-state index in [4.69, 9.17) is 6.42 Å². The molecule has 5 nitrogen and oxygen atoms in total. The molecule has 1 heterocycles. The van der Waals surface area contributed by atoms with Crippen LogP contribution >= 0.6 is 0 Å². The molecule has 0 saturated heterocycles. The molecule has 0 unspecified atom stereocenters. The van der Waals surface area contributed by atoms with Gasteiger partial charge in [0.1, 0.15) is 5.70 Å². The molecule has 1 aromatic heterocycles. The number of amides is 2. The Morgan fingerprint density at radius 2 is 1.95 bits per heavy atom. The Bertz CT molecular complexity index is 710. The number of aromatic nitrogens is 1. The fourth-order valence-corrected chi connectivity index (χ4v) is 1.76. The molecule has 2 rings (SSSR count). The second-order valence-corrected chi connectivity index (χ2v) is 4.39. The highest BCUT2D eigenvalue weighted by Crippen LogP contribution is 2.05. The van der Waals surface area contributed by atoms with Gasteiger partial charge in [0.15, 0.2) is 0 Å². The summed E-state index contributed by atoms with van der Waals surface area (Å²) in [5, 5.41) is 5.13. The van der Waals surface area contributed by atoms with Crippen molar-refractivity contribution in [3.8, 4) is 12.3 Å². The summed E-state index contributed by atoms with van der Waals surface area (Å²) in [5.41, 5.74) is 1.27. The lowest BCUT2D eigenvalue weighted by Crippen LogP contribution is -2.35. The van der Waals surface area contributed by atoms with Gasteiger partial charge in [0, 0.05) is 17.5 Å². The lowest BCUT2D eigenvalue weighted by Gasteiger charge is -2.09. The third-order valence-corrected chi connectivity index (χ3v) is 2.80. The fourth-order valence-electron chi connectivity index (χ4n) is 1.76. The van der Waals surface area contributed by atoms with Gasteiger partial charge in [-0.25, -0.2) is 0 Å². The van der Waals surface area contributed by atoms with Gasteiger partial charge in [-0.2, -0.15) is 0 Å². The minimum atomic E-state index is -0.447. The van der Waals surface area contributed by atoms with Crippen LogP contribution < -0.4 is 10.6 Å². The molecule has 2 amide bonds. The van der Waals surface area contributed by atoms with Gasteiger partial charge in [0.2, 0.25) is 0 Å². The van der Waals surface area contributed by atoms with Crippen LogP contribution in [-0.2, 0) is 4.79 Å². The monoisotopic (exact) mass is 293 g/mol. The van der Waals surface area contributed by atoms with Gasteiger partial charge < -0.3 is 15.6 Å². The van der Waals surface area contributed by atoms with Gasteiger partial charge in [-0.1, -0.05) is 24.1 Å². The average molecular weight is 293 g/mol. The van der Waals surface area contributed by atoms with Crippen molar-refractivity contribution in [3.63, 3.8) is 0 Å². The van der Waals surface area contributed by atoms with Crippen molar-refractivity contribution in [2.75, 3.05) is 6.54 Å². The second-order valence-electron chi connectivity index (χ2n) is 4.39. The first-order valence-electron chi connectivity index (χ1n) is 6.64. The van der Waals surface area contributed by atoms with Crippen molar-refractivity contribution in [3.05, 3.63) is 65.6 Å². The first kappa shape index (κ1) is 15.1. The van der Waals surface area contributed by atoms with Crippen molar-refractivity contribution >= 4 is 17.9 Å². The zero-order chi connectivity index (χ0) is 15.8. The molecule has 2 aromatic rings. The molecular weight excluding hydrogens is 278 g/mol. The second kappa shape index (κ2) is 7.50. The Morgan fingerprint density at radius 1 is 1.18 bits per heavy atom. The minimum absolute atomic E-state index is 0.0854. The quantitative estimate of drug-likeness (QED) is 0.578. The van der Waals surface area contributed by atoms with Crippen LogP contribution in [0.5, 0.6) is 0 Å². The maximum atomic E-state index is 12.2. The zero-order valence-electron chi connectivity index (χ0n) is 11.8. The number of H-pyrrole nitrogens is 1. The van der Waals surface area contributed by atoms with E-state index < -0.39 is 5.91 Å². The third kappa shape index (κ3) is 4.12. The number of carbonyl (C=O) groups excluding carboxylic acids is 2. The molecule has 0 saturated carbocycles. The van der Waals surface area contributed by atoms with Crippen LogP contribution in [0.3, 0.4) is 0 Å². The minimum Gasteiger partial charge on any atom is -0.362 e. The maximum absolute atomic E-state index is 12.2. The lowest BCUT2D eigenvalue weighted by atomic mass is 10.2. The van der Waals surface area contributed by atoms with Crippen LogP contribution in [-0.4, -0.2) is 23.3 Å². The van der Waals surface area contributed by atoms with Crippen LogP contribution in [0.15, 0.2) is 54.4 Å². The van der Waals surface area contributed by atoms with Gasteiger partial charge in [-0.15, -0.1) is 6.42 Å². The van der Waals surface area contributed by atoms with E-state index >= 15 is 0 Å². The van der Waals surface area contributed by atoms with Crippen LogP contribution in [0.1, 0.15) is 16.1 Å². The first-order chi connectivity index (χ1) is 10.7. The Morgan fingerprint density at radius 3 is 2.59 bits per heavy atom. The topological polar surface area (TPSA) is 74.0 Å². The SMILES string of the molecule is C#CCNC(=O)/C(=C/c1ccc[nH]1)NC(=O)c1ccccc1. The van der Waals surface area contributed by atoms with Crippen LogP contribution in [0.25, 0.3) is 6.08 Å². The van der Waals surface area contributed by atoms with Crippen molar-refractivity contribution < 1.29 is 9.59 Å². The van der Waals surface area contributed by atoms with Crippen molar-refractivity contribution in [1.82, 2.24) is 15.6 Å². The maximum Gasteiger partial charge on any atom is 0.268 e. The van der Waals surface area contributed by atoms with Crippen molar-refractivity contribution in [1.29, 1.82) is 0 Å². The standard InChI is InChI=1S/C17H15N3O2/c1-2-10-19-17(22)15(12-14-9-6-11-18-14)20-16(21)13-7-4-3-5-8-13/h1,3-9,11-12,18H,10H2,(H,19,22)(H,20,21)/b15-12-. The van der Waals surface area contributed by atoms with Crippen molar-refractivity contribution in [2.45, 2.75) is 0 Å². The van der Waals surface area contributed by atoms with Gasteiger partial charge in [-0.05, 0) is 30.3 Å². The smallest absolute Gasteiger partial charge is 0.268 e. The van der Waals surface area contributed by atoms with Gasteiger partial charge >= 0.3 is 0 Å². The Labute approximate surface area is 128 Å². The Hall–Kier alpha value is -3.26. The van der Waals surface area contributed by atoms with Gasteiger partial charge in [-0.3, -0.25) is 9.59 Å². The number of carbonyl (C=O) groups is 2. The predicted octanol–water partition coefficient (Wildman–Crippen LogP) is 1.53. The fraction of sp³-hybridized carbons (Fsp3) is 0.0588. The molecule has 0 atom stereocenters. The summed E-state index contributed by atoms with van der Waals surface area (Å²) >= 11 is 0. The Balaban J connectivity index is 2.20. The number of rotatable bonds is 5. The molecule has 1 aromatic carbocycles. The number of hydrogen-bond donors (Lipinski definition) is 3. The van der Waals surface area contributed by atoms with Crippen molar-refractivity contribution in [2.24, 2.45) is 0 Å². The van der Waals surface area contributed by atoms with E-state index in [0.29, 0.717) is 11.3 Å². The number of hydrogen-bond acceptors (Lipinski definition) is 2. The number of aromatic amines is 1. The molecule has 0 bridgehead atoms. The number of terminal acetylenes is 1. The van der Waals surface area contributed by atoms with Gasteiger partial charge in [0.05, 0.1) is 6.54 Å². The summed E-state index contributed by atoms with van der Waals surface area (Å²) in [5.74, 6) is 1.50. The Kier molecular flexibility index (Phi) is 5.16. The van der Waals surface area contributed by atoms with E-state index in [-0.39, 0.29) is 18.1 Å². The molecule has 0 fully saturated rings. The highest BCUT2D eigenvalue weighted by molar-refractivity contribution is 6.05. The molecule has 3 N–H and O–H groups in total. The number of nitrogens with one attached hydrogen (secondary N) is 3. The average Bonchev–Trinajstić information content (AvgIpc) is 3.05. The normalized spacial score (nSPS) is 10.6. The van der Waals surface area contributed by atoms with Crippen LogP contribution in [0.4, 0.5) is 0 Å². The molecule has 0 spiro atoms. The van der Waals surface area contributed by atoms with E-state index in [2.05, 4.69) is 21.5 Å². The third-order valence-electron chi connectivity index (χ3n) is 2.80. The summed E-state index contributed by atoms with van der Waals surface area (Å²) < 4.78 is 0. The van der Waals surface area contributed by atoms with Crippen LogP contribution in [0, 0.1) is 12.3 Å². The largest absolute Gasteiger partial charge is 0.362 e. The van der Waals surface area contributed by atoms with E-state index in [9.17, 15) is 9.59 Å². The zero-order valence-corrected chi connectivity index (χ0v) is 11.8. The highest BCUT2D eigenvalue weighted by Gasteiger charge is 2.14. The van der Waals surface area contributed by atoms with Crippen LogP contribution in [0.2, 0.25) is 0 Å². The highest BCUT2D eigenvalue weighted by atomic mass is 16.2. The van der Waals surface area contributed by atoms with E-state index in [1.54, 1.807) is 48.7 Å². The summed E-state index contributed by atoms with van der Waals surface area (Å²) in [7, 11) is 0. The van der Waals surface area contributed by atoms with E-state index in [1.165, 1.54) is 0 Å². The molecule has 5 heteroatoms. The summed E-state index contributed by atoms with van der Waals surface area (Å²) in [6, 6.07) is 12.2. The molecule has 0 radical (unpaired) electrons. The molecule has 0 aliphatic carbocycles. The molecule has 0 aliphatic rings. The first-order valence-corrected chi connectivity index (χ1v) is 6.64. The van der Waals surface area contributed by atoms with Gasteiger partial charge in [0.25, 0.3) is 11.8 Å². The summed E-state index contributed by atoms with van der Waals surface area (Å²) in [6.07, 6.45) is 8.40. The summed E-state index contributed by atoms with van der Waals surface area (Å²) in [4.78, 5) is 27.2. The molecule has 110 valence electrons. The van der Waals surface area contributed by atoms with E-state index in [1.807, 2.05) is 6.07 Å². The summed E-state index contributed by atoms with van der Waals surface area (Å²) in [6.45, 7) is 0.0854. The molecule has 0 aliphatic heterocycles. The molecular formula is C17H15N3O2. The predicted molar refractivity (Wildman–Crippen MR) is 84.5 cm³/mol. The number of benzene rings is 1. The lowest BCUT2D eigenvalue weighted by molar-refractivity contribution is -0.117. The van der Waals surface area contributed by atoms with E-state index in [0.717, 1.165) is 0 Å². The molecule has 22 heavy (non-hydrogen) atoms.